The molecule has 3 amide bonds. The number of hydrazine groups is 1. The zero-order valence-corrected chi connectivity index (χ0v) is 19.4. The lowest BCUT2D eigenvalue weighted by atomic mass is 10.1. The molecule has 3 aromatic rings. The summed E-state index contributed by atoms with van der Waals surface area (Å²) in [5, 5.41) is 4.80. The minimum Gasteiger partial charge on any atom is -0.483 e. The summed E-state index contributed by atoms with van der Waals surface area (Å²) in [5.74, 6) is -0.740. The monoisotopic (exact) mass is 497 g/mol. The third kappa shape index (κ3) is 6.31. The molecule has 0 unspecified atom stereocenters. The average Bonchev–Trinajstić information content (AvgIpc) is 2.78. The topological polar surface area (TPSA) is 96.5 Å². The van der Waals surface area contributed by atoms with Crippen molar-refractivity contribution >= 4 is 50.1 Å². The van der Waals surface area contributed by atoms with E-state index >= 15 is 0 Å². The molecular formula is C24H24BrN3O4. The first-order chi connectivity index (χ1) is 15.3. The highest BCUT2D eigenvalue weighted by Gasteiger charge is 2.11. The third-order valence-corrected chi connectivity index (χ3v) is 5.58. The predicted molar refractivity (Wildman–Crippen MR) is 127 cm³/mol. The SMILES string of the molecule is Cc1ccc(NC(=O)CCC(=O)NNC(=O)COc2ccc3ccccc3c2Br)c(C)c1. The van der Waals surface area contributed by atoms with Crippen molar-refractivity contribution < 1.29 is 19.1 Å². The fourth-order valence-corrected chi connectivity index (χ4v) is 3.71. The Hall–Kier alpha value is -3.39. The summed E-state index contributed by atoms with van der Waals surface area (Å²) >= 11 is 3.50. The number of ether oxygens (including phenoxy) is 1. The lowest BCUT2D eigenvalue weighted by Crippen LogP contribution is -2.44. The lowest BCUT2D eigenvalue weighted by Gasteiger charge is -2.11. The Morgan fingerprint density at radius 2 is 1.59 bits per heavy atom. The Labute approximate surface area is 194 Å². The highest BCUT2D eigenvalue weighted by molar-refractivity contribution is 9.10. The number of carbonyl (C=O) groups excluding carboxylic acids is 3. The Balaban J connectivity index is 1.39. The fourth-order valence-electron chi connectivity index (χ4n) is 3.10. The van der Waals surface area contributed by atoms with Gasteiger partial charge < -0.3 is 10.1 Å². The molecule has 7 nitrogen and oxygen atoms in total. The first kappa shape index (κ1) is 23.3. The van der Waals surface area contributed by atoms with Gasteiger partial charge in [-0.15, -0.1) is 0 Å². The van der Waals surface area contributed by atoms with Crippen LogP contribution in [0.5, 0.6) is 5.75 Å². The number of benzene rings is 3. The van der Waals surface area contributed by atoms with Gasteiger partial charge in [0.25, 0.3) is 5.91 Å². The molecule has 32 heavy (non-hydrogen) atoms. The summed E-state index contributed by atoms with van der Waals surface area (Å²) in [6.45, 7) is 3.61. The molecule has 0 saturated heterocycles. The van der Waals surface area contributed by atoms with Crippen LogP contribution in [0, 0.1) is 13.8 Å². The molecule has 0 heterocycles. The Morgan fingerprint density at radius 3 is 2.38 bits per heavy atom. The summed E-state index contributed by atoms with van der Waals surface area (Å²) < 4.78 is 6.30. The van der Waals surface area contributed by atoms with Gasteiger partial charge in [0.2, 0.25) is 11.8 Å². The highest BCUT2D eigenvalue weighted by atomic mass is 79.9. The summed E-state index contributed by atoms with van der Waals surface area (Å²) in [6, 6.07) is 17.2. The molecule has 0 aliphatic carbocycles. The molecular weight excluding hydrogens is 474 g/mol. The van der Waals surface area contributed by atoms with Crippen LogP contribution in [0.25, 0.3) is 10.8 Å². The van der Waals surface area contributed by atoms with Crippen LogP contribution < -0.4 is 20.9 Å². The van der Waals surface area contributed by atoms with Gasteiger partial charge in [0.1, 0.15) is 5.75 Å². The Bertz CT molecular complexity index is 1160. The molecule has 0 aromatic heterocycles. The van der Waals surface area contributed by atoms with E-state index in [0.717, 1.165) is 26.4 Å². The van der Waals surface area contributed by atoms with Crippen molar-refractivity contribution in [2.75, 3.05) is 11.9 Å². The minimum absolute atomic E-state index is 0.00441. The van der Waals surface area contributed by atoms with Gasteiger partial charge in [0.05, 0.1) is 4.47 Å². The van der Waals surface area contributed by atoms with E-state index in [-0.39, 0.29) is 25.4 Å². The molecule has 3 N–H and O–H groups in total. The van der Waals surface area contributed by atoms with Crippen molar-refractivity contribution in [2.24, 2.45) is 0 Å². The predicted octanol–water partition coefficient (Wildman–Crippen LogP) is 4.16. The van der Waals surface area contributed by atoms with Crippen LogP contribution in [0.1, 0.15) is 24.0 Å². The molecule has 0 atom stereocenters. The molecule has 3 rings (SSSR count). The lowest BCUT2D eigenvalue weighted by molar-refractivity contribution is -0.130. The number of rotatable bonds is 7. The van der Waals surface area contributed by atoms with E-state index in [9.17, 15) is 14.4 Å². The van der Waals surface area contributed by atoms with Crippen LogP contribution in [0.4, 0.5) is 5.69 Å². The molecule has 0 aliphatic heterocycles. The summed E-state index contributed by atoms with van der Waals surface area (Å²) in [4.78, 5) is 36.0. The Kier molecular flexibility index (Phi) is 7.83. The van der Waals surface area contributed by atoms with Gasteiger partial charge in [0.15, 0.2) is 6.61 Å². The second-order valence-corrected chi connectivity index (χ2v) is 8.14. The van der Waals surface area contributed by atoms with Crippen LogP contribution in [0.3, 0.4) is 0 Å². The van der Waals surface area contributed by atoms with Gasteiger partial charge >= 0.3 is 0 Å². The summed E-state index contributed by atoms with van der Waals surface area (Å²) in [5.41, 5.74) is 7.35. The smallest absolute Gasteiger partial charge is 0.276 e. The van der Waals surface area contributed by atoms with Gasteiger partial charge in [-0.2, -0.15) is 0 Å². The van der Waals surface area contributed by atoms with Crippen LogP contribution in [-0.4, -0.2) is 24.3 Å². The van der Waals surface area contributed by atoms with Gasteiger partial charge in [-0.1, -0.05) is 48.0 Å². The van der Waals surface area contributed by atoms with Gasteiger partial charge in [-0.05, 0) is 58.2 Å². The first-order valence-electron chi connectivity index (χ1n) is 10.1. The number of hydrogen-bond donors (Lipinski definition) is 3. The number of fused-ring (bicyclic) bond motifs is 1. The highest BCUT2D eigenvalue weighted by Crippen LogP contribution is 2.32. The van der Waals surface area contributed by atoms with Crippen LogP contribution in [0.2, 0.25) is 0 Å². The molecule has 0 aliphatic rings. The van der Waals surface area contributed by atoms with Crippen molar-refractivity contribution in [2.45, 2.75) is 26.7 Å². The number of aryl methyl sites for hydroxylation is 2. The molecule has 0 radical (unpaired) electrons. The number of anilines is 1. The average molecular weight is 498 g/mol. The molecule has 0 saturated carbocycles. The van der Waals surface area contributed by atoms with Crippen molar-refractivity contribution in [3.05, 3.63) is 70.2 Å². The number of nitrogens with one attached hydrogen (secondary N) is 3. The van der Waals surface area contributed by atoms with Gasteiger partial charge in [-0.3, -0.25) is 25.2 Å². The van der Waals surface area contributed by atoms with Gasteiger partial charge in [0, 0.05) is 18.5 Å². The maximum atomic E-state index is 12.1. The summed E-state index contributed by atoms with van der Waals surface area (Å²) in [6.07, 6.45) is -0.0658. The standard InChI is InChI=1S/C24H24BrN3O4/c1-15-7-9-19(16(2)13-15)26-21(29)11-12-22(30)27-28-23(31)14-32-20-10-8-17-5-3-4-6-18(17)24(20)25/h3-10,13H,11-12,14H2,1-2H3,(H,26,29)(H,27,30)(H,28,31). The summed E-state index contributed by atoms with van der Waals surface area (Å²) in [7, 11) is 0. The largest absolute Gasteiger partial charge is 0.483 e. The van der Waals surface area contributed by atoms with E-state index in [2.05, 4.69) is 32.1 Å². The van der Waals surface area contributed by atoms with Crippen LogP contribution in [-0.2, 0) is 14.4 Å². The number of hydrogen-bond acceptors (Lipinski definition) is 4. The van der Waals surface area contributed by atoms with Crippen molar-refractivity contribution in [3.8, 4) is 5.75 Å². The number of halogens is 1. The maximum absolute atomic E-state index is 12.1. The van der Waals surface area contributed by atoms with Crippen LogP contribution in [0.15, 0.2) is 59.1 Å². The molecule has 166 valence electrons. The number of carbonyl (C=O) groups is 3. The number of amides is 3. The van der Waals surface area contributed by atoms with E-state index in [1.807, 2.05) is 62.4 Å². The van der Waals surface area contributed by atoms with E-state index in [0.29, 0.717) is 11.4 Å². The fraction of sp³-hybridized carbons (Fsp3) is 0.208. The molecule has 8 heteroatoms. The molecule has 3 aromatic carbocycles. The molecule has 0 bridgehead atoms. The minimum atomic E-state index is -0.516. The quantitative estimate of drug-likeness (QED) is 0.427. The zero-order chi connectivity index (χ0) is 23.1. The third-order valence-electron chi connectivity index (χ3n) is 4.76. The van der Waals surface area contributed by atoms with Crippen LogP contribution >= 0.6 is 15.9 Å². The van der Waals surface area contributed by atoms with Gasteiger partial charge in [-0.25, -0.2) is 0 Å². The van der Waals surface area contributed by atoms with Crippen molar-refractivity contribution in [1.29, 1.82) is 0 Å². The van der Waals surface area contributed by atoms with E-state index in [1.165, 1.54) is 0 Å². The zero-order valence-electron chi connectivity index (χ0n) is 17.8. The van der Waals surface area contributed by atoms with Crippen molar-refractivity contribution in [3.63, 3.8) is 0 Å². The molecule has 0 spiro atoms. The normalized spacial score (nSPS) is 10.5. The Morgan fingerprint density at radius 1 is 0.875 bits per heavy atom. The first-order valence-corrected chi connectivity index (χ1v) is 10.9. The maximum Gasteiger partial charge on any atom is 0.276 e. The van der Waals surface area contributed by atoms with E-state index in [1.54, 1.807) is 6.07 Å². The van der Waals surface area contributed by atoms with Crippen molar-refractivity contribution in [1.82, 2.24) is 10.9 Å². The molecule has 0 fully saturated rings. The second-order valence-electron chi connectivity index (χ2n) is 7.35. The van der Waals surface area contributed by atoms with E-state index in [4.69, 9.17) is 4.74 Å². The van der Waals surface area contributed by atoms with E-state index < -0.39 is 11.8 Å². The second kappa shape index (κ2) is 10.8.